The molecule has 108 valence electrons. The minimum absolute atomic E-state index is 0.340. The number of carbonyl (C=O) groups is 2. The Morgan fingerprint density at radius 2 is 1.57 bits per heavy atom. The molecular weight excluding hydrogens is 270 g/mol. The summed E-state index contributed by atoms with van der Waals surface area (Å²) in [6.45, 7) is 1.96. The third-order valence-corrected chi connectivity index (χ3v) is 2.78. The minimum Gasteiger partial charge on any atom is -0.465 e. The molecule has 21 heavy (non-hydrogen) atoms. The molecule has 2 aromatic carbocycles. The molecule has 0 aliphatic carbocycles. The first-order valence-electron chi connectivity index (χ1n) is 6.32. The van der Waals surface area contributed by atoms with Gasteiger partial charge in [-0.15, -0.1) is 0 Å². The van der Waals surface area contributed by atoms with Gasteiger partial charge in [0.15, 0.2) is 0 Å². The summed E-state index contributed by atoms with van der Waals surface area (Å²) in [7, 11) is 1.31. The summed E-state index contributed by atoms with van der Waals surface area (Å²) in [5, 5.41) is 2.61. The smallest absolute Gasteiger partial charge is 0.417 e. The minimum atomic E-state index is -0.593. The van der Waals surface area contributed by atoms with Crippen molar-refractivity contribution in [1.82, 2.24) is 0 Å². The number of anilines is 1. The Hall–Kier alpha value is -2.82. The van der Waals surface area contributed by atoms with Gasteiger partial charge in [0.2, 0.25) is 0 Å². The number of benzene rings is 2. The summed E-state index contributed by atoms with van der Waals surface area (Å²) in [5.74, 6) is -0.0991. The molecule has 0 aliphatic rings. The van der Waals surface area contributed by atoms with E-state index in [0.29, 0.717) is 17.0 Å². The highest BCUT2D eigenvalue weighted by atomic mass is 16.6. The number of ether oxygens (including phenoxy) is 2. The Morgan fingerprint density at radius 1 is 0.952 bits per heavy atom. The molecule has 0 heterocycles. The number of carbonyl (C=O) groups excluding carboxylic acids is 2. The lowest BCUT2D eigenvalue weighted by molar-refractivity contribution is 0.0600. The average Bonchev–Trinajstić information content (AvgIpc) is 2.49. The van der Waals surface area contributed by atoms with E-state index in [1.54, 1.807) is 12.1 Å². The first-order valence-corrected chi connectivity index (χ1v) is 6.32. The number of aryl methyl sites for hydroxylation is 1. The van der Waals surface area contributed by atoms with E-state index >= 15 is 0 Å². The van der Waals surface area contributed by atoms with E-state index < -0.39 is 12.1 Å². The standard InChI is InChI=1S/C16H15NO4/c1-11-3-7-13(8-4-11)17-16(19)21-14-9-5-12(6-10-14)15(18)20-2/h3-10H,1-2H3,(H,17,19). The molecule has 0 saturated carbocycles. The third kappa shape index (κ3) is 4.07. The summed E-state index contributed by atoms with van der Waals surface area (Å²) in [4.78, 5) is 23.0. The van der Waals surface area contributed by atoms with Crippen LogP contribution in [0.4, 0.5) is 10.5 Å². The quantitative estimate of drug-likeness (QED) is 0.878. The molecule has 0 saturated heterocycles. The van der Waals surface area contributed by atoms with E-state index in [1.807, 2.05) is 19.1 Å². The second-order valence-corrected chi connectivity index (χ2v) is 4.40. The first-order chi connectivity index (χ1) is 10.1. The maximum atomic E-state index is 11.7. The highest BCUT2D eigenvalue weighted by Gasteiger charge is 2.08. The van der Waals surface area contributed by atoms with Crippen LogP contribution in [-0.2, 0) is 4.74 Å². The van der Waals surface area contributed by atoms with E-state index in [4.69, 9.17) is 4.74 Å². The number of amides is 1. The Kier molecular flexibility index (Phi) is 4.56. The Labute approximate surface area is 122 Å². The number of rotatable bonds is 3. The van der Waals surface area contributed by atoms with Gasteiger partial charge in [0.25, 0.3) is 0 Å². The molecule has 0 fully saturated rings. The van der Waals surface area contributed by atoms with Gasteiger partial charge in [0, 0.05) is 5.69 Å². The Bertz CT molecular complexity index is 632. The van der Waals surface area contributed by atoms with Gasteiger partial charge in [-0.2, -0.15) is 0 Å². The molecule has 5 nitrogen and oxygen atoms in total. The van der Waals surface area contributed by atoms with Gasteiger partial charge in [-0.1, -0.05) is 17.7 Å². The van der Waals surface area contributed by atoms with E-state index in [-0.39, 0.29) is 0 Å². The molecule has 2 aromatic rings. The van der Waals surface area contributed by atoms with Gasteiger partial charge < -0.3 is 9.47 Å². The fraction of sp³-hybridized carbons (Fsp3) is 0.125. The molecule has 0 spiro atoms. The van der Waals surface area contributed by atoms with Crippen LogP contribution in [0.5, 0.6) is 5.75 Å². The van der Waals surface area contributed by atoms with E-state index in [9.17, 15) is 9.59 Å². The fourth-order valence-electron chi connectivity index (χ4n) is 1.66. The summed E-state index contributed by atoms with van der Waals surface area (Å²) in [6, 6.07) is 13.5. The number of hydrogen-bond donors (Lipinski definition) is 1. The van der Waals surface area contributed by atoms with Crippen LogP contribution in [0.2, 0.25) is 0 Å². The molecule has 0 aromatic heterocycles. The zero-order valence-corrected chi connectivity index (χ0v) is 11.8. The molecule has 2 rings (SSSR count). The van der Waals surface area contributed by atoms with Crippen LogP contribution < -0.4 is 10.1 Å². The number of nitrogens with one attached hydrogen (secondary N) is 1. The second-order valence-electron chi connectivity index (χ2n) is 4.40. The van der Waals surface area contributed by atoms with E-state index in [2.05, 4.69) is 10.1 Å². The first kappa shape index (κ1) is 14.6. The van der Waals surface area contributed by atoms with Gasteiger partial charge in [-0.05, 0) is 43.3 Å². The van der Waals surface area contributed by atoms with Crippen LogP contribution in [-0.4, -0.2) is 19.2 Å². The van der Waals surface area contributed by atoms with Gasteiger partial charge in [-0.25, -0.2) is 9.59 Å². The normalized spacial score (nSPS) is 9.81. The van der Waals surface area contributed by atoms with Crippen LogP contribution in [0.15, 0.2) is 48.5 Å². The maximum absolute atomic E-state index is 11.7. The van der Waals surface area contributed by atoms with Crippen molar-refractivity contribution in [3.05, 3.63) is 59.7 Å². The molecule has 0 aliphatic heterocycles. The van der Waals surface area contributed by atoms with Crippen molar-refractivity contribution in [1.29, 1.82) is 0 Å². The van der Waals surface area contributed by atoms with E-state index in [1.165, 1.54) is 31.4 Å². The summed E-state index contributed by atoms with van der Waals surface area (Å²) < 4.78 is 9.70. The largest absolute Gasteiger partial charge is 0.465 e. The van der Waals surface area contributed by atoms with Crippen LogP contribution in [0, 0.1) is 6.92 Å². The van der Waals surface area contributed by atoms with Crippen LogP contribution in [0.25, 0.3) is 0 Å². The van der Waals surface area contributed by atoms with Gasteiger partial charge in [0.1, 0.15) is 5.75 Å². The third-order valence-electron chi connectivity index (χ3n) is 2.78. The molecule has 1 N–H and O–H groups in total. The summed E-state index contributed by atoms with van der Waals surface area (Å²) >= 11 is 0. The Balaban J connectivity index is 1.96. The van der Waals surface area contributed by atoms with Crippen LogP contribution in [0.3, 0.4) is 0 Å². The SMILES string of the molecule is COC(=O)c1ccc(OC(=O)Nc2ccc(C)cc2)cc1. The molecular formula is C16H15NO4. The highest BCUT2D eigenvalue weighted by molar-refractivity contribution is 5.90. The number of esters is 1. The molecule has 0 bridgehead atoms. The Morgan fingerprint density at radius 3 is 2.14 bits per heavy atom. The number of methoxy groups -OCH3 is 1. The maximum Gasteiger partial charge on any atom is 0.417 e. The molecule has 0 unspecified atom stereocenters. The zero-order chi connectivity index (χ0) is 15.2. The lowest BCUT2D eigenvalue weighted by Gasteiger charge is -2.07. The van der Waals surface area contributed by atoms with Crippen molar-refractivity contribution in [2.75, 3.05) is 12.4 Å². The van der Waals surface area contributed by atoms with E-state index in [0.717, 1.165) is 5.56 Å². The second kappa shape index (κ2) is 6.56. The monoisotopic (exact) mass is 285 g/mol. The lowest BCUT2D eigenvalue weighted by atomic mass is 10.2. The van der Waals surface area contributed by atoms with Gasteiger partial charge >= 0.3 is 12.1 Å². The van der Waals surface area contributed by atoms with Gasteiger partial charge in [0.05, 0.1) is 12.7 Å². The molecule has 1 amide bonds. The topological polar surface area (TPSA) is 64.6 Å². The van der Waals surface area contributed by atoms with Crippen LogP contribution >= 0.6 is 0 Å². The summed E-state index contributed by atoms with van der Waals surface area (Å²) in [6.07, 6.45) is -0.593. The van der Waals surface area contributed by atoms with Crippen molar-refractivity contribution in [2.45, 2.75) is 6.92 Å². The predicted octanol–water partition coefficient (Wildman–Crippen LogP) is 3.39. The van der Waals surface area contributed by atoms with Crippen molar-refractivity contribution >= 4 is 17.7 Å². The fourth-order valence-corrected chi connectivity index (χ4v) is 1.66. The highest BCUT2D eigenvalue weighted by Crippen LogP contribution is 2.14. The molecule has 0 radical (unpaired) electrons. The van der Waals surface area contributed by atoms with Crippen molar-refractivity contribution in [2.24, 2.45) is 0 Å². The van der Waals surface area contributed by atoms with Crippen molar-refractivity contribution < 1.29 is 19.1 Å². The average molecular weight is 285 g/mol. The van der Waals surface area contributed by atoms with Crippen molar-refractivity contribution in [3.63, 3.8) is 0 Å². The van der Waals surface area contributed by atoms with Crippen LogP contribution in [0.1, 0.15) is 15.9 Å². The zero-order valence-electron chi connectivity index (χ0n) is 11.8. The molecule has 5 heteroatoms. The van der Waals surface area contributed by atoms with Crippen molar-refractivity contribution in [3.8, 4) is 5.75 Å². The molecule has 0 atom stereocenters. The summed E-state index contributed by atoms with van der Waals surface area (Å²) in [5.41, 5.74) is 2.15. The predicted molar refractivity (Wildman–Crippen MR) is 78.6 cm³/mol. The van der Waals surface area contributed by atoms with Gasteiger partial charge in [-0.3, -0.25) is 5.32 Å². The number of hydrogen-bond acceptors (Lipinski definition) is 4. The lowest BCUT2D eigenvalue weighted by Crippen LogP contribution is -2.16.